The molecule has 1 unspecified atom stereocenters. The van der Waals surface area contributed by atoms with E-state index in [4.69, 9.17) is 9.73 Å². The van der Waals surface area contributed by atoms with Gasteiger partial charge in [0.15, 0.2) is 5.17 Å². The second-order valence-corrected chi connectivity index (χ2v) is 7.31. The van der Waals surface area contributed by atoms with Crippen molar-refractivity contribution in [3.8, 4) is 5.75 Å². The van der Waals surface area contributed by atoms with Crippen LogP contribution in [0, 0.1) is 5.92 Å². The standard InChI is InChI=1S/C19H26N2OS/c1-22-18-10-8-17(9-11-18)15-21(19-20-12-5-13-23-19)14-16-6-3-2-4-7-16/h2-3,8-11,16H,4-7,12-15H2,1H3. The highest BCUT2D eigenvalue weighted by atomic mass is 32.2. The third-order valence-electron chi connectivity index (χ3n) is 4.44. The zero-order valence-electron chi connectivity index (χ0n) is 13.9. The number of hydrogen-bond acceptors (Lipinski definition) is 4. The molecule has 1 aromatic carbocycles. The van der Waals surface area contributed by atoms with Crippen LogP contribution in [0.5, 0.6) is 5.75 Å². The number of hydrogen-bond donors (Lipinski definition) is 0. The average molecular weight is 330 g/mol. The van der Waals surface area contributed by atoms with E-state index < -0.39 is 0 Å². The predicted molar refractivity (Wildman–Crippen MR) is 99.3 cm³/mol. The average Bonchev–Trinajstić information content (AvgIpc) is 2.63. The molecule has 4 heteroatoms. The molecule has 1 aliphatic carbocycles. The Bertz CT molecular complexity index is 553. The van der Waals surface area contributed by atoms with Crippen molar-refractivity contribution in [2.45, 2.75) is 32.2 Å². The van der Waals surface area contributed by atoms with Gasteiger partial charge in [0.2, 0.25) is 0 Å². The Balaban J connectivity index is 1.70. The minimum atomic E-state index is 0.753. The van der Waals surface area contributed by atoms with Crippen molar-refractivity contribution >= 4 is 16.9 Å². The molecule has 0 saturated carbocycles. The number of ether oxygens (including phenoxy) is 1. The first-order valence-corrected chi connectivity index (χ1v) is 9.54. The molecule has 3 nitrogen and oxygen atoms in total. The highest BCUT2D eigenvalue weighted by Crippen LogP contribution is 2.25. The van der Waals surface area contributed by atoms with Crippen molar-refractivity contribution in [2.24, 2.45) is 10.9 Å². The number of allylic oxidation sites excluding steroid dienone is 2. The fourth-order valence-electron chi connectivity index (χ4n) is 3.14. The van der Waals surface area contributed by atoms with Crippen molar-refractivity contribution < 1.29 is 4.74 Å². The van der Waals surface area contributed by atoms with E-state index in [1.165, 1.54) is 42.2 Å². The summed E-state index contributed by atoms with van der Waals surface area (Å²) < 4.78 is 5.26. The van der Waals surface area contributed by atoms with Crippen LogP contribution in [0.1, 0.15) is 31.2 Å². The maximum absolute atomic E-state index is 5.26. The normalized spacial score (nSPS) is 20.9. The van der Waals surface area contributed by atoms with Crippen molar-refractivity contribution in [3.63, 3.8) is 0 Å². The van der Waals surface area contributed by atoms with Crippen molar-refractivity contribution in [2.75, 3.05) is 26.0 Å². The van der Waals surface area contributed by atoms with Crippen LogP contribution >= 0.6 is 11.8 Å². The molecular weight excluding hydrogens is 304 g/mol. The molecule has 1 atom stereocenters. The molecule has 0 aromatic heterocycles. The zero-order valence-corrected chi connectivity index (χ0v) is 14.7. The van der Waals surface area contributed by atoms with Crippen molar-refractivity contribution in [1.82, 2.24) is 4.90 Å². The maximum atomic E-state index is 5.26. The quantitative estimate of drug-likeness (QED) is 0.751. The van der Waals surface area contributed by atoms with Crippen molar-refractivity contribution in [3.05, 3.63) is 42.0 Å². The van der Waals surface area contributed by atoms with Gasteiger partial charge in [-0.1, -0.05) is 36.0 Å². The minimum absolute atomic E-state index is 0.753. The summed E-state index contributed by atoms with van der Waals surface area (Å²) in [5.41, 5.74) is 1.33. The Hall–Kier alpha value is -1.42. The Labute approximate surface area is 143 Å². The largest absolute Gasteiger partial charge is 0.497 e. The van der Waals surface area contributed by atoms with Gasteiger partial charge >= 0.3 is 0 Å². The van der Waals surface area contributed by atoms with Gasteiger partial charge in [0.05, 0.1) is 7.11 Å². The number of aliphatic imine (C=N–C) groups is 1. The summed E-state index contributed by atoms with van der Waals surface area (Å²) in [4.78, 5) is 7.28. The molecule has 1 heterocycles. The number of benzene rings is 1. The van der Waals surface area contributed by atoms with Crippen molar-refractivity contribution in [1.29, 1.82) is 0 Å². The maximum Gasteiger partial charge on any atom is 0.159 e. The summed E-state index contributed by atoms with van der Waals surface area (Å²) in [6.45, 7) is 3.03. The number of nitrogens with zero attached hydrogens (tertiary/aromatic N) is 2. The smallest absolute Gasteiger partial charge is 0.159 e. The zero-order chi connectivity index (χ0) is 15.9. The van der Waals surface area contributed by atoms with Crippen LogP contribution in [0.15, 0.2) is 41.4 Å². The Morgan fingerprint density at radius 1 is 1.26 bits per heavy atom. The van der Waals surface area contributed by atoms with E-state index in [1.54, 1.807) is 7.11 Å². The first kappa shape index (κ1) is 16.4. The highest BCUT2D eigenvalue weighted by molar-refractivity contribution is 8.13. The molecule has 0 N–H and O–H groups in total. The molecule has 0 bridgehead atoms. The van der Waals surface area contributed by atoms with Gasteiger partial charge in [0.1, 0.15) is 5.75 Å². The van der Waals surface area contributed by atoms with Crippen LogP contribution in [0.4, 0.5) is 0 Å². The van der Waals surface area contributed by atoms with Gasteiger partial charge < -0.3 is 9.64 Å². The SMILES string of the molecule is COc1ccc(CN(CC2CC=CCC2)C2=NCCCS2)cc1. The van der Waals surface area contributed by atoms with E-state index in [2.05, 4.69) is 29.2 Å². The van der Waals surface area contributed by atoms with Gasteiger partial charge in [-0.2, -0.15) is 0 Å². The lowest BCUT2D eigenvalue weighted by atomic mass is 9.94. The lowest BCUT2D eigenvalue weighted by molar-refractivity contribution is 0.319. The second kappa shape index (κ2) is 8.44. The van der Waals surface area contributed by atoms with Gasteiger partial charge in [-0.15, -0.1) is 0 Å². The van der Waals surface area contributed by atoms with Gasteiger partial charge in [0.25, 0.3) is 0 Å². The third-order valence-corrected chi connectivity index (χ3v) is 5.58. The van der Waals surface area contributed by atoms with Gasteiger partial charge in [0, 0.05) is 25.4 Å². The number of amidine groups is 1. The molecule has 0 spiro atoms. The lowest BCUT2D eigenvalue weighted by Gasteiger charge is -2.31. The molecule has 3 rings (SSSR count). The first-order valence-electron chi connectivity index (χ1n) is 8.55. The Morgan fingerprint density at radius 3 is 2.78 bits per heavy atom. The van der Waals surface area contributed by atoms with Crippen LogP contribution in [0.25, 0.3) is 0 Å². The van der Waals surface area contributed by atoms with Crippen LogP contribution in [-0.4, -0.2) is 36.0 Å². The summed E-state index contributed by atoms with van der Waals surface area (Å²) in [6, 6.07) is 8.43. The molecule has 0 saturated heterocycles. The van der Waals surface area contributed by atoms with Gasteiger partial charge in [-0.05, 0) is 49.3 Å². The van der Waals surface area contributed by atoms with Crippen LogP contribution in [0.3, 0.4) is 0 Å². The fourth-order valence-corrected chi connectivity index (χ4v) is 4.10. The van der Waals surface area contributed by atoms with Gasteiger partial charge in [-0.25, -0.2) is 0 Å². The predicted octanol–water partition coefficient (Wildman–Crippen LogP) is 4.35. The molecular formula is C19H26N2OS. The fraction of sp³-hybridized carbons (Fsp3) is 0.526. The summed E-state index contributed by atoms with van der Waals surface area (Å²) in [5.74, 6) is 2.87. The third kappa shape index (κ3) is 4.77. The monoisotopic (exact) mass is 330 g/mol. The summed E-state index contributed by atoms with van der Waals surface area (Å²) in [6.07, 6.45) is 9.59. The van der Waals surface area contributed by atoms with E-state index in [0.29, 0.717) is 0 Å². The van der Waals surface area contributed by atoms with E-state index in [9.17, 15) is 0 Å². The number of thioether (sulfide) groups is 1. The molecule has 1 aromatic rings. The summed E-state index contributed by atoms with van der Waals surface area (Å²) in [7, 11) is 1.71. The molecule has 0 fully saturated rings. The molecule has 0 radical (unpaired) electrons. The van der Waals surface area contributed by atoms with E-state index >= 15 is 0 Å². The molecule has 2 aliphatic rings. The van der Waals surface area contributed by atoms with E-state index in [1.807, 2.05) is 23.9 Å². The number of rotatable bonds is 5. The van der Waals surface area contributed by atoms with E-state index in [-0.39, 0.29) is 0 Å². The highest BCUT2D eigenvalue weighted by Gasteiger charge is 2.20. The molecule has 1 aliphatic heterocycles. The van der Waals surface area contributed by atoms with Crippen LogP contribution in [0.2, 0.25) is 0 Å². The molecule has 0 amide bonds. The van der Waals surface area contributed by atoms with Crippen LogP contribution < -0.4 is 4.74 Å². The summed E-state index contributed by atoms with van der Waals surface area (Å²) >= 11 is 1.92. The Kier molecular flexibility index (Phi) is 6.03. The lowest BCUT2D eigenvalue weighted by Crippen LogP contribution is -2.35. The second-order valence-electron chi connectivity index (χ2n) is 6.25. The molecule has 23 heavy (non-hydrogen) atoms. The minimum Gasteiger partial charge on any atom is -0.497 e. The Morgan fingerprint density at radius 2 is 2.13 bits per heavy atom. The van der Waals surface area contributed by atoms with E-state index in [0.717, 1.165) is 31.3 Å². The van der Waals surface area contributed by atoms with Gasteiger partial charge in [-0.3, -0.25) is 4.99 Å². The van der Waals surface area contributed by atoms with Crippen LogP contribution in [-0.2, 0) is 6.54 Å². The molecule has 124 valence electrons. The number of methoxy groups -OCH3 is 1. The first-order chi connectivity index (χ1) is 11.3. The summed E-state index contributed by atoms with van der Waals surface area (Å²) in [5, 5.41) is 1.24. The topological polar surface area (TPSA) is 24.8 Å².